The molecule has 1 aromatic carbocycles. The first-order valence-electron chi connectivity index (χ1n) is 9.63. The molecule has 2 atom stereocenters. The Bertz CT molecular complexity index is 956. The molecular weight excluding hydrogens is 354 g/mol. The van der Waals surface area contributed by atoms with Crippen molar-refractivity contribution in [1.29, 1.82) is 0 Å². The van der Waals surface area contributed by atoms with E-state index in [2.05, 4.69) is 24.0 Å². The van der Waals surface area contributed by atoms with Crippen LogP contribution >= 0.6 is 0 Å². The summed E-state index contributed by atoms with van der Waals surface area (Å²) in [7, 11) is 0. The van der Waals surface area contributed by atoms with Crippen LogP contribution in [0.4, 0.5) is 0 Å². The Labute approximate surface area is 164 Å². The number of allylic oxidation sites excluding steroid dienone is 5. The van der Waals surface area contributed by atoms with E-state index in [9.17, 15) is 0 Å². The maximum atomic E-state index is 6.42. The maximum absolute atomic E-state index is 6.42. The number of aliphatic imine (C=N–C) groups is 2. The topological polar surface area (TPSA) is 78.4 Å². The van der Waals surface area contributed by atoms with Gasteiger partial charge in [0.2, 0.25) is 0 Å². The highest BCUT2D eigenvalue weighted by Crippen LogP contribution is 2.59. The number of fused-ring (bicyclic) bond motifs is 3. The van der Waals surface area contributed by atoms with E-state index in [1.165, 1.54) is 0 Å². The fraction of sp³-hybridized carbons (Fsp3) is 0.364. The minimum absolute atomic E-state index is 0.00749. The molecule has 2 unspecified atom stereocenters. The molecule has 144 valence electrons. The van der Waals surface area contributed by atoms with E-state index in [4.69, 9.17) is 24.9 Å². The van der Waals surface area contributed by atoms with Crippen LogP contribution in [-0.4, -0.2) is 38.2 Å². The number of rotatable bonds is 2. The molecule has 4 aliphatic rings. The Kier molecular flexibility index (Phi) is 3.91. The third-order valence-corrected chi connectivity index (χ3v) is 6.17. The molecule has 4 heterocycles. The van der Waals surface area contributed by atoms with Crippen molar-refractivity contribution in [3.63, 3.8) is 0 Å². The average Bonchev–Trinajstić information content (AvgIpc) is 3.02. The largest absolute Gasteiger partial charge is 0.489 e. The van der Waals surface area contributed by atoms with Crippen molar-refractivity contribution >= 4 is 17.8 Å². The van der Waals surface area contributed by atoms with E-state index in [1.807, 2.05) is 36.6 Å². The van der Waals surface area contributed by atoms with Gasteiger partial charge in [-0.25, -0.2) is 4.99 Å². The molecule has 6 nitrogen and oxygen atoms in total. The molecule has 0 aromatic heterocycles. The summed E-state index contributed by atoms with van der Waals surface area (Å²) >= 11 is 0. The Morgan fingerprint density at radius 3 is 2.79 bits per heavy atom. The summed E-state index contributed by atoms with van der Waals surface area (Å²) in [5.74, 6) is 0.842. The van der Waals surface area contributed by atoms with Gasteiger partial charge in [0, 0.05) is 18.0 Å². The third kappa shape index (κ3) is 2.31. The van der Waals surface area contributed by atoms with Gasteiger partial charge in [0.1, 0.15) is 24.0 Å². The predicted octanol–water partition coefficient (Wildman–Crippen LogP) is 2.95. The zero-order valence-corrected chi connectivity index (χ0v) is 15.8. The van der Waals surface area contributed by atoms with Crippen LogP contribution in [0.5, 0.6) is 5.75 Å². The highest BCUT2D eigenvalue weighted by Gasteiger charge is 2.67. The van der Waals surface area contributed by atoms with Crippen LogP contribution < -0.4 is 10.5 Å². The van der Waals surface area contributed by atoms with Gasteiger partial charge in [0.05, 0.1) is 18.6 Å². The van der Waals surface area contributed by atoms with Gasteiger partial charge in [0.15, 0.2) is 0 Å². The Hall–Kier alpha value is -2.86. The van der Waals surface area contributed by atoms with Crippen molar-refractivity contribution in [2.45, 2.75) is 25.0 Å². The van der Waals surface area contributed by atoms with Crippen LogP contribution in [0.3, 0.4) is 0 Å². The molecule has 0 bridgehead atoms. The number of amidine groups is 1. The van der Waals surface area contributed by atoms with Gasteiger partial charge in [-0.1, -0.05) is 31.2 Å². The van der Waals surface area contributed by atoms with Crippen molar-refractivity contribution in [3.05, 3.63) is 59.8 Å². The van der Waals surface area contributed by atoms with Crippen molar-refractivity contribution in [2.75, 3.05) is 19.8 Å². The molecule has 28 heavy (non-hydrogen) atoms. The molecule has 1 aromatic rings. The molecule has 1 fully saturated rings. The van der Waals surface area contributed by atoms with Crippen LogP contribution in [0, 0.1) is 5.41 Å². The van der Waals surface area contributed by atoms with Gasteiger partial charge in [-0.2, -0.15) is 0 Å². The maximum Gasteiger partial charge on any atom is 0.283 e. The summed E-state index contributed by atoms with van der Waals surface area (Å²) < 4.78 is 17.8. The van der Waals surface area contributed by atoms with Crippen molar-refractivity contribution < 1.29 is 14.2 Å². The molecule has 4 aliphatic heterocycles. The number of hydrogen-bond acceptors (Lipinski definition) is 6. The number of ether oxygens (including phenoxy) is 3. The molecule has 0 amide bonds. The molecule has 0 radical (unpaired) electrons. The van der Waals surface area contributed by atoms with E-state index in [1.54, 1.807) is 6.20 Å². The number of hydrogen-bond donors (Lipinski definition) is 1. The zero-order valence-electron chi connectivity index (χ0n) is 15.8. The highest BCUT2D eigenvalue weighted by atomic mass is 16.5. The number of nitrogens with two attached hydrogens (primary N) is 1. The van der Waals surface area contributed by atoms with E-state index in [0.717, 1.165) is 28.9 Å². The predicted molar refractivity (Wildman–Crippen MR) is 108 cm³/mol. The standard InChI is InChI=1S/C22H23N3O3/c1-2-19-21(12-26-13-21)22(14-27-20(23)25-22)17-10-15(7-8-18(17)28-19)16-6-4-3-5-9-24-11-16/h3-11,19H,2,12-14H2,1H3,(H2,23,25)/b4-3+,5-3?,6-4?,9-5+,16-6?,16-11?,24-9?,24-11?. The third-order valence-electron chi connectivity index (χ3n) is 6.17. The smallest absolute Gasteiger partial charge is 0.283 e. The summed E-state index contributed by atoms with van der Waals surface area (Å²) in [5, 5.41) is 0. The molecule has 1 saturated heterocycles. The fourth-order valence-electron chi connectivity index (χ4n) is 4.64. The van der Waals surface area contributed by atoms with E-state index >= 15 is 0 Å². The Morgan fingerprint density at radius 1 is 1.18 bits per heavy atom. The van der Waals surface area contributed by atoms with E-state index in [-0.39, 0.29) is 17.5 Å². The van der Waals surface area contributed by atoms with Crippen LogP contribution in [0.15, 0.2) is 58.7 Å². The SMILES string of the molecule is CCC1Oc2ccc(C3=C/C=C/C=C/N=C3)cc2C2(COC(N)=N2)C12COC2. The summed E-state index contributed by atoms with van der Waals surface area (Å²) in [5.41, 5.74) is 8.23. The monoisotopic (exact) mass is 377 g/mol. The number of nitrogens with zero attached hydrogens (tertiary/aromatic N) is 2. The van der Waals surface area contributed by atoms with Crippen molar-refractivity contribution in [3.8, 4) is 5.75 Å². The first-order chi connectivity index (χ1) is 13.7. The fourth-order valence-corrected chi connectivity index (χ4v) is 4.64. The molecule has 0 aliphatic carbocycles. The van der Waals surface area contributed by atoms with Gasteiger partial charge in [-0.3, -0.25) is 4.99 Å². The Morgan fingerprint density at radius 2 is 2.07 bits per heavy atom. The summed E-state index contributed by atoms with van der Waals surface area (Å²) in [4.78, 5) is 9.18. The molecule has 2 N–H and O–H groups in total. The van der Waals surface area contributed by atoms with Crippen molar-refractivity contribution in [1.82, 2.24) is 0 Å². The zero-order chi connectivity index (χ0) is 19.2. The van der Waals surface area contributed by atoms with E-state index < -0.39 is 5.54 Å². The summed E-state index contributed by atoms with van der Waals surface area (Å²) in [6.45, 7) is 3.73. The second kappa shape index (κ2) is 6.34. The van der Waals surface area contributed by atoms with Crippen LogP contribution in [0.25, 0.3) is 5.57 Å². The van der Waals surface area contributed by atoms with Gasteiger partial charge in [0.25, 0.3) is 6.02 Å². The molecule has 2 spiro atoms. The molecule has 6 heteroatoms. The second-order valence-corrected chi connectivity index (χ2v) is 7.60. The van der Waals surface area contributed by atoms with Gasteiger partial charge < -0.3 is 19.9 Å². The van der Waals surface area contributed by atoms with Crippen molar-refractivity contribution in [2.24, 2.45) is 21.1 Å². The first-order valence-corrected chi connectivity index (χ1v) is 9.63. The lowest BCUT2D eigenvalue weighted by molar-refractivity contribution is -0.216. The van der Waals surface area contributed by atoms with Gasteiger partial charge in [-0.05, 0) is 35.8 Å². The highest BCUT2D eigenvalue weighted by molar-refractivity contribution is 6.10. The Balaban J connectivity index is 1.67. The lowest BCUT2D eigenvalue weighted by atomic mass is 9.59. The number of benzene rings is 1. The minimum atomic E-state index is -0.589. The summed E-state index contributed by atoms with van der Waals surface area (Å²) in [6, 6.07) is 6.47. The normalized spacial score (nSPS) is 31.5. The minimum Gasteiger partial charge on any atom is -0.489 e. The summed E-state index contributed by atoms with van der Waals surface area (Å²) in [6.07, 6.45) is 12.4. The lowest BCUT2D eigenvalue weighted by Crippen LogP contribution is -2.67. The molecule has 5 rings (SSSR count). The average molecular weight is 377 g/mol. The molecule has 0 saturated carbocycles. The van der Waals surface area contributed by atoms with Crippen LogP contribution in [0.1, 0.15) is 24.5 Å². The van der Waals surface area contributed by atoms with Gasteiger partial charge in [-0.15, -0.1) is 0 Å². The second-order valence-electron chi connectivity index (χ2n) is 7.60. The first kappa shape index (κ1) is 17.3. The quantitative estimate of drug-likeness (QED) is 0.859. The van der Waals surface area contributed by atoms with Crippen LogP contribution in [-0.2, 0) is 15.0 Å². The molecular formula is C22H23N3O3. The van der Waals surface area contributed by atoms with E-state index in [0.29, 0.717) is 19.8 Å². The van der Waals surface area contributed by atoms with Gasteiger partial charge >= 0.3 is 0 Å². The van der Waals surface area contributed by atoms with Crippen LogP contribution in [0.2, 0.25) is 0 Å². The lowest BCUT2D eigenvalue weighted by Gasteiger charge is -2.57.